The van der Waals surface area contributed by atoms with Crippen LogP contribution in [0.5, 0.6) is 0 Å². The molecule has 0 amide bonds. The summed E-state index contributed by atoms with van der Waals surface area (Å²) in [5.41, 5.74) is 0. The lowest BCUT2D eigenvalue weighted by molar-refractivity contribution is 0.0896. The quantitative estimate of drug-likeness (QED) is 0.772. The van der Waals surface area contributed by atoms with Crippen LogP contribution in [0.15, 0.2) is 9.98 Å². The molecule has 0 N–H and O–H groups in total. The van der Waals surface area contributed by atoms with Gasteiger partial charge in [-0.05, 0) is 34.7 Å². The molecule has 2 atom stereocenters. The highest BCUT2D eigenvalue weighted by Crippen LogP contribution is 2.34. The summed E-state index contributed by atoms with van der Waals surface area (Å²) in [6.07, 6.45) is 3.41. The van der Waals surface area contributed by atoms with Crippen LogP contribution in [0.25, 0.3) is 0 Å². The molecule has 0 saturated heterocycles. The number of carbonyl (C=O) groups excluding carboxylic acids is 1. The number of hydrogen-bond acceptors (Lipinski definition) is 3. The highest BCUT2D eigenvalue weighted by Gasteiger charge is 2.31. The molecule has 1 aliphatic carbocycles. The molecule has 1 heterocycles. The van der Waals surface area contributed by atoms with E-state index in [4.69, 9.17) is 0 Å². The Kier molecular flexibility index (Phi) is 3.02. The second-order valence-corrected chi connectivity index (χ2v) is 5.52. The van der Waals surface area contributed by atoms with Crippen LogP contribution in [0.4, 0.5) is 0 Å². The molecule has 2 unspecified atom stereocenters. The van der Waals surface area contributed by atoms with Crippen LogP contribution in [0.3, 0.4) is 0 Å². The van der Waals surface area contributed by atoms with E-state index in [9.17, 15) is 4.79 Å². The van der Waals surface area contributed by atoms with Gasteiger partial charge < -0.3 is 0 Å². The molecule has 1 fully saturated rings. The van der Waals surface area contributed by atoms with Crippen LogP contribution in [-0.4, -0.2) is 10.8 Å². The Morgan fingerprint density at radius 1 is 1.64 bits per heavy atom. The number of carbonyl (C=O) groups is 1. The molecular weight excluding hydrogens is 262 g/mol. The van der Waals surface area contributed by atoms with E-state index in [0.29, 0.717) is 10.9 Å². The molecular formula is C10H12BrNOS. The fraction of sp³-hybridized carbons (Fsp3) is 0.600. The molecule has 14 heavy (non-hydrogen) atoms. The van der Waals surface area contributed by atoms with Gasteiger partial charge in [0, 0.05) is 11.3 Å². The van der Waals surface area contributed by atoms with Crippen molar-refractivity contribution >= 4 is 33.0 Å². The topological polar surface area (TPSA) is 30.0 Å². The Balaban J connectivity index is 2.15. The largest absolute Gasteiger partial charge is 0.291 e. The van der Waals surface area contributed by atoms with E-state index in [1.807, 2.05) is 5.38 Å². The minimum absolute atomic E-state index is 0.216. The molecule has 0 aromatic carbocycles. The maximum absolute atomic E-state index is 12.0. The van der Waals surface area contributed by atoms with Gasteiger partial charge in [0.05, 0.1) is 0 Å². The van der Waals surface area contributed by atoms with Crippen LogP contribution in [0, 0.1) is 11.8 Å². The second kappa shape index (κ2) is 4.11. The van der Waals surface area contributed by atoms with Gasteiger partial charge in [0.15, 0.2) is 10.8 Å². The first kappa shape index (κ1) is 10.3. The van der Waals surface area contributed by atoms with Crippen molar-refractivity contribution in [3.63, 3.8) is 0 Å². The summed E-state index contributed by atoms with van der Waals surface area (Å²) in [7, 11) is 0. The van der Waals surface area contributed by atoms with Crippen molar-refractivity contribution in [2.24, 2.45) is 11.8 Å². The Hall–Kier alpha value is -0.220. The molecule has 1 saturated carbocycles. The number of aromatic nitrogens is 1. The number of ketones is 1. The van der Waals surface area contributed by atoms with Gasteiger partial charge in [-0.15, -0.1) is 11.3 Å². The minimum Gasteiger partial charge on any atom is -0.291 e. The van der Waals surface area contributed by atoms with E-state index in [2.05, 4.69) is 27.8 Å². The SMILES string of the molecule is CC1CCCC1C(=O)c1nc(Br)cs1. The molecule has 76 valence electrons. The van der Waals surface area contributed by atoms with Crippen molar-refractivity contribution in [3.8, 4) is 0 Å². The predicted molar refractivity (Wildman–Crippen MR) is 60.6 cm³/mol. The molecule has 0 radical (unpaired) electrons. The first-order valence-corrected chi connectivity index (χ1v) is 6.51. The van der Waals surface area contributed by atoms with Crippen molar-refractivity contribution in [1.82, 2.24) is 4.98 Å². The van der Waals surface area contributed by atoms with E-state index >= 15 is 0 Å². The highest BCUT2D eigenvalue weighted by molar-refractivity contribution is 9.10. The predicted octanol–water partition coefficient (Wildman–Crippen LogP) is 3.52. The van der Waals surface area contributed by atoms with E-state index in [0.717, 1.165) is 11.0 Å². The minimum atomic E-state index is 0.216. The number of hydrogen-bond donors (Lipinski definition) is 0. The molecule has 4 heteroatoms. The molecule has 0 aliphatic heterocycles. The molecule has 1 aromatic rings. The smallest absolute Gasteiger partial charge is 0.194 e. The maximum atomic E-state index is 12.0. The average molecular weight is 274 g/mol. The fourth-order valence-corrected chi connectivity index (χ4v) is 3.32. The van der Waals surface area contributed by atoms with Crippen LogP contribution < -0.4 is 0 Å². The van der Waals surface area contributed by atoms with Crippen LogP contribution in [0.2, 0.25) is 0 Å². The monoisotopic (exact) mass is 273 g/mol. The number of halogens is 1. The van der Waals surface area contributed by atoms with Gasteiger partial charge >= 0.3 is 0 Å². The summed E-state index contributed by atoms with van der Waals surface area (Å²) in [5, 5.41) is 2.53. The van der Waals surface area contributed by atoms with Gasteiger partial charge in [-0.1, -0.05) is 13.3 Å². The van der Waals surface area contributed by atoms with Crippen LogP contribution >= 0.6 is 27.3 Å². The van der Waals surface area contributed by atoms with Gasteiger partial charge in [0.25, 0.3) is 0 Å². The van der Waals surface area contributed by atoms with E-state index in [-0.39, 0.29) is 11.7 Å². The molecule has 2 nitrogen and oxygen atoms in total. The molecule has 1 aromatic heterocycles. The highest BCUT2D eigenvalue weighted by atomic mass is 79.9. The summed E-state index contributed by atoms with van der Waals surface area (Å²) in [4.78, 5) is 16.2. The molecule has 1 aliphatic rings. The number of nitrogens with zero attached hydrogens (tertiary/aromatic N) is 1. The third kappa shape index (κ3) is 1.91. The summed E-state index contributed by atoms with van der Waals surface area (Å²) in [6.45, 7) is 2.16. The third-order valence-electron chi connectivity index (χ3n) is 2.89. The fourth-order valence-electron chi connectivity index (χ4n) is 2.06. The van der Waals surface area contributed by atoms with E-state index in [1.54, 1.807) is 0 Å². The Morgan fingerprint density at radius 2 is 2.43 bits per heavy atom. The third-order valence-corrected chi connectivity index (χ3v) is 4.45. The Morgan fingerprint density at radius 3 is 2.93 bits per heavy atom. The van der Waals surface area contributed by atoms with Crippen molar-refractivity contribution in [1.29, 1.82) is 0 Å². The first-order valence-electron chi connectivity index (χ1n) is 4.83. The van der Waals surface area contributed by atoms with E-state index < -0.39 is 0 Å². The maximum Gasteiger partial charge on any atom is 0.194 e. The van der Waals surface area contributed by atoms with Gasteiger partial charge in [-0.3, -0.25) is 4.79 Å². The lowest BCUT2D eigenvalue weighted by Gasteiger charge is -2.11. The number of rotatable bonds is 2. The zero-order valence-electron chi connectivity index (χ0n) is 8.00. The summed E-state index contributed by atoms with van der Waals surface area (Å²) in [5.74, 6) is 0.990. The second-order valence-electron chi connectivity index (χ2n) is 3.85. The molecule has 2 rings (SSSR count). The van der Waals surface area contributed by atoms with Crippen LogP contribution in [-0.2, 0) is 0 Å². The lowest BCUT2D eigenvalue weighted by atomic mass is 9.94. The zero-order valence-corrected chi connectivity index (χ0v) is 10.4. The molecule has 0 bridgehead atoms. The normalized spacial score (nSPS) is 26.7. The van der Waals surface area contributed by atoms with Crippen molar-refractivity contribution < 1.29 is 4.79 Å². The van der Waals surface area contributed by atoms with Gasteiger partial charge in [-0.25, -0.2) is 4.98 Å². The Bertz CT molecular complexity index is 350. The zero-order chi connectivity index (χ0) is 10.1. The first-order chi connectivity index (χ1) is 6.68. The average Bonchev–Trinajstić information content (AvgIpc) is 2.73. The Labute approximate surface area is 95.9 Å². The summed E-state index contributed by atoms with van der Waals surface area (Å²) >= 11 is 4.71. The van der Waals surface area contributed by atoms with Crippen molar-refractivity contribution in [2.75, 3.05) is 0 Å². The standard InChI is InChI=1S/C10H12BrNOS/c1-6-3-2-4-7(6)9(13)10-12-8(11)5-14-10/h5-7H,2-4H2,1H3. The van der Waals surface area contributed by atoms with E-state index in [1.165, 1.54) is 24.2 Å². The van der Waals surface area contributed by atoms with Crippen LogP contribution in [0.1, 0.15) is 36.0 Å². The summed E-state index contributed by atoms with van der Waals surface area (Å²) < 4.78 is 0.775. The summed E-state index contributed by atoms with van der Waals surface area (Å²) in [6, 6.07) is 0. The van der Waals surface area contributed by atoms with Crippen molar-refractivity contribution in [2.45, 2.75) is 26.2 Å². The van der Waals surface area contributed by atoms with Gasteiger partial charge in [0.1, 0.15) is 4.60 Å². The number of thiazole rings is 1. The molecule has 0 spiro atoms. The lowest BCUT2D eigenvalue weighted by Crippen LogP contribution is -2.16. The van der Waals surface area contributed by atoms with Gasteiger partial charge in [0.2, 0.25) is 0 Å². The van der Waals surface area contributed by atoms with Crippen molar-refractivity contribution in [3.05, 3.63) is 15.0 Å². The number of Topliss-reactive ketones (excluding diaryl/α,β-unsaturated/α-hetero) is 1. The van der Waals surface area contributed by atoms with Gasteiger partial charge in [-0.2, -0.15) is 0 Å².